The van der Waals surface area contributed by atoms with Crippen LogP contribution in [-0.4, -0.2) is 58.3 Å². The maximum Gasteiger partial charge on any atom is 0.338 e. The molecule has 11 heteroatoms. The Morgan fingerprint density at radius 2 is 1.15 bits per heavy atom. The Kier molecular flexibility index (Phi) is 8.90. The van der Waals surface area contributed by atoms with Gasteiger partial charge in [-0.3, -0.25) is 4.79 Å². The van der Waals surface area contributed by atoms with E-state index in [1.807, 2.05) is 0 Å². The molecule has 0 radical (unpaired) electrons. The number of nitrogens with zero attached hydrogens (tertiary/aromatic N) is 1. The predicted molar refractivity (Wildman–Crippen MR) is 122 cm³/mol. The van der Waals surface area contributed by atoms with Gasteiger partial charge in [0.1, 0.15) is 0 Å². The molecule has 0 aliphatic heterocycles. The standard InChI is InChI=1S/C23H25NO9S/c1-5-31-21(26)15-9-8-10-19(14-15)24(34(4,29)30)20(25)16-11-17(22(27)32-6-2)13-18(12-16)23(28)33-7-3/h8-14H,5-7H2,1-4H3. The number of anilines is 1. The summed E-state index contributed by atoms with van der Waals surface area (Å²) in [5, 5.41) is 0. The minimum Gasteiger partial charge on any atom is -0.462 e. The highest BCUT2D eigenvalue weighted by Gasteiger charge is 2.29. The predicted octanol–water partition coefficient (Wildman–Crippen LogP) is 2.82. The van der Waals surface area contributed by atoms with Gasteiger partial charge in [0.15, 0.2) is 0 Å². The molecule has 0 aliphatic rings. The van der Waals surface area contributed by atoms with Crippen molar-refractivity contribution >= 4 is 39.5 Å². The van der Waals surface area contributed by atoms with Crippen LogP contribution in [-0.2, 0) is 24.2 Å². The molecule has 0 N–H and O–H groups in total. The van der Waals surface area contributed by atoms with Gasteiger partial charge in [-0.15, -0.1) is 0 Å². The zero-order valence-electron chi connectivity index (χ0n) is 19.2. The molecule has 0 bridgehead atoms. The fourth-order valence-corrected chi connectivity index (χ4v) is 3.87. The third-order valence-electron chi connectivity index (χ3n) is 4.31. The van der Waals surface area contributed by atoms with E-state index in [-0.39, 0.29) is 47.8 Å². The molecule has 0 heterocycles. The molecule has 0 atom stereocenters. The van der Waals surface area contributed by atoms with Gasteiger partial charge < -0.3 is 14.2 Å². The average Bonchev–Trinajstić information content (AvgIpc) is 2.78. The number of ether oxygens (including phenoxy) is 3. The van der Waals surface area contributed by atoms with Crippen LogP contribution in [0.3, 0.4) is 0 Å². The van der Waals surface area contributed by atoms with Gasteiger partial charge in [-0.05, 0) is 57.2 Å². The number of rotatable bonds is 9. The average molecular weight is 492 g/mol. The molecule has 0 saturated heterocycles. The molecular weight excluding hydrogens is 466 g/mol. The van der Waals surface area contributed by atoms with Gasteiger partial charge in [-0.1, -0.05) is 6.07 Å². The second-order valence-corrected chi connectivity index (χ2v) is 8.67. The summed E-state index contributed by atoms with van der Waals surface area (Å²) in [7, 11) is -4.21. The normalized spacial score (nSPS) is 10.8. The van der Waals surface area contributed by atoms with Crippen molar-refractivity contribution in [2.24, 2.45) is 0 Å². The molecular formula is C23H25NO9S. The first-order chi connectivity index (χ1) is 16.0. The highest BCUT2D eigenvalue weighted by atomic mass is 32.2. The van der Waals surface area contributed by atoms with Gasteiger partial charge >= 0.3 is 17.9 Å². The molecule has 0 spiro atoms. The Morgan fingerprint density at radius 1 is 0.706 bits per heavy atom. The number of benzene rings is 2. The van der Waals surface area contributed by atoms with E-state index in [1.165, 1.54) is 30.3 Å². The molecule has 2 aromatic carbocycles. The zero-order chi connectivity index (χ0) is 25.5. The van der Waals surface area contributed by atoms with E-state index in [9.17, 15) is 27.6 Å². The van der Waals surface area contributed by atoms with E-state index in [2.05, 4.69) is 0 Å². The van der Waals surface area contributed by atoms with Crippen LogP contribution in [0.15, 0.2) is 42.5 Å². The third-order valence-corrected chi connectivity index (χ3v) is 5.35. The molecule has 10 nitrogen and oxygen atoms in total. The smallest absolute Gasteiger partial charge is 0.338 e. The van der Waals surface area contributed by atoms with Crippen molar-refractivity contribution in [3.05, 3.63) is 64.7 Å². The van der Waals surface area contributed by atoms with E-state index in [0.717, 1.165) is 18.4 Å². The SMILES string of the molecule is CCOC(=O)c1cc(C(=O)OCC)cc(C(=O)N(c2cccc(C(=O)OCC)c2)S(C)(=O)=O)c1. The molecule has 0 aliphatic carbocycles. The molecule has 1 amide bonds. The summed E-state index contributed by atoms with van der Waals surface area (Å²) in [6.45, 7) is 4.98. The Morgan fingerprint density at radius 3 is 1.59 bits per heavy atom. The van der Waals surface area contributed by atoms with Crippen LogP contribution in [0.4, 0.5) is 5.69 Å². The number of carbonyl (C=O) groups excluding carboxylic acids is 4. The molecule has 0 aromatic heterocycles. The third kappa shape index (κ3) is 6.41. The van der Waals surface area contributed by atoms with Gasteiger partial charge in [0.25, 0.3) is 5.91 Å². The highest BCUT2D eigenvalue weighted by molar-refractivity contribution is 7.92. The molecule has 0 unspecified atom stereocenters. The van der Waals surface area contributed by atoms with Gasteiger partial charge in [-0.25, -0.2) is 27.1 Å². The lowest BCUT2D eigenvalue weighted by molar-refractivity contribution is 0.0512. The molecule has 2 rings (SSSR count). The van der Waals surface area contributed by atoms with Crippen molar-refractivity contribution in [1.29, 1.82) is 0 Å². The Hall–Kier alpha value is -3.73. The maximum absolute atomic E-state index is 13.4. The monoisotopic (exact) mass is 491 g/mol. The molecule has 0 saturated carbocycles. The van der Waals surface area contributed by atoms with Gasteiger partial charge in [0, 0.05) is 5.56 Å². The number of esters is 3. The minimum absolute atomic E-state index is 0.0355. The summed E-state index contributed by atoms with van der Waals surface area (Å²) in [5.41, 5.74) is -0.639. The van der Waals surface area contributed by atoms with E-state index in [4.69, 9.17) is 14.2 Å². The minimum atomic E-state index is -4.21. The molecule has 34 heavy (non-hydrogen) atoms. The number of amides is 1. The van der Waals surface area contributed by atoms with Crippen molar-refractivity contribution in [3.63, 3.8) is 0 Å². The zero-order valence-corrected chi connectivity index (χ0v) is 20.0. The van der Waals surface area contributed by atoms with Gasteiger partial charge in [0.05, 0.1) is 48.5 Å². The summed E-state index contributed by atoms with van der Waals surface area (Å²) in [6.07, 6.45) is 0.809. The second-order valence-electron chi connectivity index (χ2n) is 6.84. The quantitative estimate of drug-likeness (QED) is 0.383. The summed E-state index contributed by atoms with van der Waals surface area (Å²) in [5.74, 6) is -3.37. The Labute approximate surface area is 197 Å². The number of hydrogen-bond donors (Lipinski definition) is 0. The number of sulfonamides is 1. The molecule has 0 fully saturated rings. The lowest BCUT2D eigenvalue weighted by atomic mass is 10.0. The Balaban J connectivity index is 2.64. The van der Waals surface area contributed by atoms with Crippen LogP contribution in [0, 0.1) is 0 Å². The van der Waals surface area contributed by atoms with E-state index < -0.39 is 33.8 Å². The van der Waals surface area contributed by atoms with Crippen molar-refractivity contribution in [1.82, 2.24) is 0 Å². The van der Waals surface area contributed by atoms with Crippen molar-refractivity contribution in [2.45, 2.75) is 20.8 Å². The lowest BCUT2D eigenvalue weighted by Crippen LogP contribution is -2.36. The lowest BCUT2D eigenvalue weighted by Gasteiger charge is -2.21. The van der Waals surface area contributed by atoms with Crippen LogP contribution < -0.4 is 4.31 Å². The van der Waals surface area contributed by atoms with Gasteiger partial charge in [0.2, 0.25) is 10.0 Å². The van der Waals surface area contributed by atoms with Crippen LogP contribution in [0.1, 0.15) is 62.2 Å². The summed E-state index contributed by atoms with van der Waals surface area (Å²) >= 11 is 0. The van der Waals surface area contributed by atoms with Crippen molar-refractivity contribution in [3.8, 4) is 0 Å². The van der Waals surface area contributed by atoms with Crippen LogP contribution >= 0.6 is 0 Å². The highest BCUT2D eigenvalue weighted by Crippen LogP contribution is 2.24. The van der Waals surface area contributed by atoms with E-state index in [0.29, 0.717) is 4.31 Å². The van der Waals surface area contributed by atoms with E-state index >= 15 is 0 Å². The maximum atomic E-state index is 13.4. The first-order valence-corrected chi connectivity index (χ1v) is 12.2. The fraction of sp³-hybridized carbons (Fsp3) is 0.304. The first kappa shape index (κ1) is 26.5. The fourth-order valence-electron chi connectivity index (χ4n) is 2.97. The second kappa shape index (κ2) is 11.4. The summed E-state index contributed by atoms with van der Waals surface area (Å²) in [6, 6.07) is 8.76. The van der Waals surface area contributed by atoms with Gasteiger partial charge in [-0.2, -0.15) is 0 Å². The van der Waals surface area contributed by atoms with Crippen LogP contribution in [0.2, 0.25) is 0 Å². The number of carbonyl (C=O) groups is 4. The van der Waals surface area contributed by atoms with E-state index in [1.54, 1.807) is 20.8 Å². The topological polar surface area (TPSA) is 133 Å². The van der Waals surface area contributed by atoms with Crippen LogP contribution in [0.5, 0.6) is 0 Å². The Bertz CT molecular complexity index is 1170. The number of hydrogen-bond acceptors (Lipinski definition) is 9. The largest absolute Gasteiger partial charge is 0.462 e. The van der Waals surface area contributed by atoms with Crippen LogP contribution in [0.25, 0.3) is 0 Å². The molecule has 182 valence electrons. The van der Waals surface area contributed by atoms with Crippen molar-refractivity contribution < 1.29 is 41.8 Å². The summed E-state index contributed by atoms with van der Waals surface area (Å²) < 4.78 is 40.5. The molecule has 2 aromatic rings. The summed E-state index contributed by atoms with van der Waals surface area (Å²) in [4.78, 5) is 50.1. The first-order valence-electron chi connectivity index (χ1n) is 10.3. The van der Waals surface area contributed by atoms with Crippen molar-refractivity contribution in [2.75, 3.05) is 30.4 Å².